The standard InChI is InChI=1S/C28H35FN2O4/c1-28(2,3)35-27(34)30-17-21-5-4-6-25(24(21)18-30)31(16-20-7-11-22(29)12-8-20)26(33)15-19-9-13-23(32)14-10-19/h7-14,21,24-25,32H,4-6,15-18H2,1-3H3. The molecule has 2 aromatic rings. The SMILES string of the molecule is CC(C)(C)OC(=O)N1CC2CCCC(N(Cc3ccc(F)cc3)C(=O)Cc3ccc(O)cc3)C2C1. The monoisotopic (exact) mass is 482 g/mol. The number of nitrogens with zero attached hydrogens (tertiary/aromatic N) is 2. The Labute approximate surface area is 206 Å². The molecule has 0 aromatic heterocycles. The van der Waals surface area contributed by atoms with Gasteiger partial charge in [-0.3, -0.25) is 4.79 Å². The van der Waals surface area contributed by atoms with Crippen molar-refractivity contribution in [1.29, 1.82) is 0 Å². The normalized spacial score (nSPS) is 21.9. The molecule has 1 heterocycles. The number of hydrogen-bond acceptors (Lipinski definition) is 4. The lowest BCUT2D eigenvalue weighted by molar-refractivity contribution is -0.135. The van der Waals surface area contributed by atoms with Gasteiger partial charge >= 0.3 is 6.09 Å². The van der Waals surface area contributed by atoms with Gasteiger partial charge in [0, 0.05) is 31.6 Å². The molecule has 1 aliphatic heterocycles. The number of phenolic OH excluding ortho intramolecular Hbond substituents is 1. The van der Waals surface area contributed by atoms with Gasteiger partial charge in [0.25, 0.3) is 0 Å². The van der Waals surface area contributed by atoms with Gasteiger partial charge in [0.05, 0.1) is 6.42 Å². The van der Waals surface area contributed by atoms with Crippen LogP contribution in [0.4, 0.5) is 9.18 Å². The van der Waals surface area contributed by atoms with E-state index in [1.54, 1.807) is 41.3 Å². The van der Waals surface area contributed by atoms with Crippen LogP contribution < -0.4 is 0 Å². The summed E-state index contributed by atoms with van der Waals surface area (Å²) in [5.74, 6) is 0.324. The van der Waals surface area contributed by atoms with E-state index in [-0.39, 0.29) is 41.9 Å². The van der Waals surface area contributed by atoms with E-state index in [1.165, 1.54) is 12.1 Å². The van der Waals surface area contributed by atoms with Crippen molar-refractivity contribution < 1.29 is 23.8 Å². The molecule has 2 fully saturated rings. The number of phenols is 1. The van der Waals surface area contributed by atoms with Crippen LogP contribution in [-0.2, 0) is 22.5 Å². The Morgan fingerprint density at radius 2 is 1.69 bits per heavy atom. The molecule has 35 heavy (non-hydrogen) atoms. The summed E-state index contributed by atoms with van der Waals surface area (Å²) in [6, 6.07) is 12.9. The molecule has 1 aliphatic carbocycles. The van der Waals surface area contributed by atoms with Crippen LogP contribution in [0.3, 0.4) is 0 Å². The van der Waals surface area contributed by atoms with Gasteiger partial charge in [0.1, 0.15) is 17.2 Å². The smallest absolute Gasteiger partial charge is 0.410 e. The van der Waals surface area contributed by atoms with Crippen molar-refractivity contribution in [1.82, 2.24) is 9.80 Å². The van der Waals surface area contributed by atoms with Crippen molar-refractivity contribution >= 4 is 12.0 Å². The maximum Gasteiger partial charge on any atom is 0.410 e. The van der Waals surface area contributed by atoms with Crippen LogP contribution >= 0.6 is 0 Å². The molecular weight excluding hydrogens is 447 g/mol. The van der Waals surface area contributed by atoms with E-state index in [0.717, 1.165) is 30.4 Å². The lowest BCUT2D eigenvalue weighted by Crippen LogP contribution is -2.48. The van der Waals surface area contributed by atoms with Crippen molar-refractivity contribution in [3.63, 3.8) is 0 Å². The highest BCUT2D eigenvalue weighted by molar-refractivity contribution is 5.79. The maximum atomic E-state index is 13.6. The molecular formula is C28H35FN2O4. The highest BCUT2D eigenvalue weighted by atomic mass is 19.1. The van der Waals surface area contributed by atoms with Gasteiger partial charge in [-0.2, -0.15) is 0 Å². The van der Waals surface area contributed by atoms with Gasteiger partial charge in [-0.15, -0.1) is 0 Å². The third kappa shape index (κ3) is 6.32. The fraction of sp³-hybridized carbons (Fsp3) is 0.500. The van der Waals surface area contributed by atoms with E-state index in [0.29, 0.717) is 25.6 Å². The summed E-state index contributed by atoms with van der Waals surface area (Å²) in [6.45, 7) is 7.19. The predicted molar refractivity (Wildman–Crippen MR) is 131 cm³/mol. The summed E-state index contributed by atoms with van der Waals surface area (Å²) in [6.07, 6.45) is 2.79. The van der Waals surface area contributed by atoms with Crippen molar-refractivity contribution in [2.75, 3.05) is 13.1 Å². The van der Waals surface area contributed by atoms with E-state index in [9.17, 15) is 19.1 Å². The highest BCUT2D eigenvalue weighted by Crippen LogP contribution is 2.40. The lowest BCUT2D eigenvalue weighted by Gasteiger charge is -2.41. The minimum Gasteiger partial charge on any atom is -0.508 e. The molecule has 2 amide bonds. The fourth-order valence-electron chi connectivity index (χ4n) is 5.37. The zero-order chi connectivity index (χ0) is 25.2. The number of fused-ring (bicyclic) bond motifs is 1. The van der Waals surface area contributed by atoms with Gasteiger partial charge in [0.2, 0.25) is 5.91 Å². The van der Waals surface area contributed by atoms with E-state index in [1.807, 2.05) is 25.7 Å². The first-order valence-electron chi connectivity index (χ1n) is 12.4. The first-order chi connectivity index (χ1) is 16.6. The van der Waals surface area contributed by atoms with E-state index in [2.05, 4.69) is 0 Å². The third-order valence-corrected chi connectivity index (χ3v) is 6.99. The number of halogens is 1. The molecule has 0 spiro atoms. The second-order valence-corrected chi connectivity index (χ2v) is 10.8. The molecule has 6 nitrogen and oxygen atoms in total. The maximum absolute atomic E-state index is 13.6. The molecule has 1 saturated carbocycles. The topological polar surface area (TPSA) is 70.1 Å². The molecule has 4 rings (SSSR count). The minimum absolute atomic E-state index is 0.0126. The quantitative estimate of drug-likeness (QED) is 0.641. The number of ether oxygens (including phenoxy) is 1. The van der Waals surface area contributed by atoms with Crippen molar-refractivity contribution in [2.45, 2.75) is 64.6 Å². The van der Waals surface area contributed by atoms with Crippen molar-refractivity contribution in [3.05, 3.63) is 65.5 Å². The number of likely N-dealkylation sites (tertiary alicyclic amines) is 1. The predicted octanol–water partition coefficient (Wildman–Crippen LogP) is 5.14. The third-order valence-electron chi connectivity index (χ3n) is 6.99. The molecule has 7 heteroatoms. The van der Waals surface area contributed by atoms with Crippen LogP contribution in [0, 0.1) is 17.7 Å². The second kappa shape index (κ2) is 10.3. The van der Waals surface area contributed by atoms with Crippen molar-refractivity contribution in [3.8, 4) is 5.75 Å². The number of aromatic hydroxyl groups is 1. The van der Waals surface area contributed by atoms with E-state index >= 15 is 0 Å². The van der Waals surface area contributed by atoms with Crippen LogP contribution in [0.5, 0.6) is 5.75 Å². The summed E-state index contributed by atoms with van der Waals surface area (Å²) in [5, 5.41) is 9.60. The van der Waals surface area contributed by atoms with Crippen LogP contribution in [0.15, 0.2) is 48.5 Å². The summed E-state index contributed by atoms with van der Waals surface area (Å²) in [4.78, 5) is 30.1. The molecule has 3 unspecified atom stereocenters. The molecule has 2 aromatic carbocycles. The fourth-order valence-corrected chi connectivity index (χ4v) is 5.37. The molecule has 1 saturated heterocycles. The Morgan fingerprint density at radius 3 is 2.34 bits per heavy atom. The first-order valence-corrected chi connectivity index (χ1v) is 12.4. The van der Waals surface area contributed by atoms with Gasteiger partial charge < -0.3 is 19.6 Å². The van der Waals surface area contributed by atoms with Crippen LogP contribution in [0.2, 0.25) is 0 Å². The number of rotatable bonds is 5. The lowest BCUT2D eigenvalue weighted by atomic mass is 9.77. The molecule has 3 atom stereocenters. The highest BCUT2D eigenvalue weighted by Gasteiger charge is 2.45. The van der Waals surface area contributed by atoms with E-state index < -0.39 is 5.60 Å². The average Bonchev–Trinajstić information content (AvgIpc) is 3.24. The summed E-state index contributed by atoms with van der Waals surface area (Å²) in [7, 11) is 0. The number of amides is 2. The van der Waals surface area contributed by atoms with Crippen LogP contribution in [0.1, 0.15) is 51.2 Å². The van der Waals surface area contributed by atoms with Gasteiger partial charge in [-0.25, -0.2) is 9.18 Å². The van der Waals surface area contributed by atoms with Crippen molar-refractivity contribution in [2.24, 2.45) is 11.8 Å². The molecule has 0 bridgehead atoms. The zero-order valence-corrected chi connectivity index (χ0v) is 20.7. The number of benzene rings is 2. The first kappa shape index (κ1) is 25.0. The summed E-state index contributed by atoms with van der Waals surface area (Å²) < 4.78 is 19.1. The summed E-state index contributed by atoms with van der Waals surface area (Å²) in [5.41, 5.74) is 1.14. The molecule has 1 N–H and O–H groups in total. The summed E-state index contributed by atoms with van der Waals surface area (Å²) >= 11 is 0. The Kier molecular flexibility index (Phi) is 7.33. The molecule has 188 valence electrons. The number of hydrogen-bond donors (Lipinski definition) is 1. The van der Waals surface area contributed by atoms with Gasteiger partial charge in [-0.05, 0) is 74.9 Å². The largest absolute Gasteiger partial charge is 0.508 e. The Morgan fingerprint density at radius 1 is 1.03 bits per heavy atom. The molecule has 0 radical (unpaired) electrons. The van der Waals surface area contributed by atoms with Crippen LogP contribution in [-0.4, -0.2) is 51.6 Å². The Balaban J connectivity index is 1.56. The Bertz CT molecular complexity index is 1030. The van der Waals surface area contributed by atoms with Gasteiger partial charge in [-0.1, -0.05) is 30.7 Å². The average molecular weight is 483 g/mol. The molecule has 2 aliphatic rings. The number of carbonyl (C=O) groups is 2. The second-order valence-electron chi connectivity index (χ2n) is 10.8. The van der Waals surface area contributed by atoms with Crippen LogP contribution in [0.25, 0.3) is 0 Å². The Hall–Kier alpha value is -3.09. The zero-order valence-electron chi connectivity index (χ0n) is 20.7. The number of carbonyl (C=O) groups excluding carboxylic acids is 2. The van der Waals surface area contributed by atoms with Gasteiger partial charge in [0.15, 0.2) is 0 Å². The van der Waals surface area contributed by atoms with E-state index in [4.69, 9.17) is 4.74 Å². The minimum atomic E-state index is -0.557.